The largest absolute Gasteiger partial charge is 0.465 e. The van der Waals surface area contributed by atoms with Gasteiger partial charge in [-0.2, -0.15) is 0 Å². The Morgan fingerprint density at radius 1 is 1.22 bits per heavy atom. The van der Waals surface area contributed by atoms with Crippen LogP contribution in [-0.2, 0) is 0 Å². The van der Waals surface area contributed by atoms with Crippen LogP contribution in [0.5, 0.6) is 0 Å². The zero-order chi connectivity index (χ0) is 13.0. The van der Waals surface area contributed by atoms with Gasteiger partial charge in [-0.05, 0) is 36.4 Å². The van der Waals surface area contributed by atoms with Crippen LogP contribution in [0.1, 0.15) is 16.1 Å². The van der Waals surface area contributed by atoms with Crippen molar-refractivity contribution in [2.24, 2.45) is 0 Å². The van der Waals surface area contributed by atoms with Crippen LogP contribution in [0.25, 0.3) is 6.08 Å². The summed E-state index contributed by atoms with van der Waals surface area (Å²) >= 11 is 0. The lowest BCUT2D eigenvalue weighted by Crippen LogP contribution is -1.95. The minimum absolute atomic E-state index is 0.0402. The molecule has 1 heterocycles. The zero-order valence-electron chi connectivity index (χ0n) is 9.28. The second-order valence-corrected chi connectivity index (χ2v) is 3.52. The number of nitro benzene ring substituents is 1. The molecule has 0 saturated carbocycles. The predicted molar refractivity (Wildman–Crippen MR) is 65.2 cm³/mol. The highest BCUT2D eigenvalue weighted by Gasteiger charge is 2.07. The van der Waals surface area contributed by atoms with E-state index in [4.69, 9.17) is 4.42 Å². The van der Waals surface area contributed by atoms with Crippen LogP contribution in [0.15, 0.2) is 53.2 Å². The van der Waals surface area contributed by atoms with Gasteiger partial charge in [-0.1, -0.05) is 0 Å². The lowest BCUT2D eigenvalue weighted by Gasteiger charge is -1.95. The fourth-order valence-corrected chi connectivity index (χ4v) is 1.39. The number of hydrogen-bond donors (Lipinski definition) is 0. The van der Waals surface area contributed by atoms with Gasteiger partial charge in [-0.3, -0.25) is 14.9 Å². The van der Waals surface area contributed by atoms with Crippen LogP contribution in [0.4, 0.5) is 5.69 Å². The van der Waals surface area contributed by atoms with Crippen LogP contribution < -0.4 is 0 Å². The Morgan fingerprint density at radius 3 is 2.50 bits per heavy atom. The topological polar surface area (TPSA) is 73.3 Å². The molecule has 5 heteroatoms. The molecule has 0 aliphatic carbocycles. The first-order chi connectivity index (χ1) is 8.66. The molecule has 0 bridgehead atoms. The quantitative estimate of drug-likeness (QED) is 0.358. The van der Waals surface area contributed by atoms with Gasteiger partial charge < -0.3 is 4.42 Å². The molecular formula is C13H9NO4. The summed E-state index contributed by atoms with van der Waals surface area (Å²) in [6, 6.07) is 8.89. The molecule has 90 valence electrons. The monoisotopic (exact) mass is 243 g/mol. The molecule has 1 aromatic heterocycles. The maximum atomic E-state index is 11.7. The molecule has 0 unspecified atom stereocenters. The highest BCUT2D eigenvalue weighted by atomic mass is 16.6. The summed E-state index contributed by atoms with van der Waals surface area (Å²) in [5.41, 5.74) is 0.352. The maximum Gasteiger partial charge on any atom is 0.269 e. The smallest absolute Gasteiger partial charge is 0.269 e. The van der Waals surface area contributed by atoms with E-state index >= 15 is 0 Å². The van der Waals surface area contributed by atoms with Crippen LogP contribution >= 0.6 is 0 Å². The first-order valence-electron chi connectivity index (χ1n) is 5.17. The molecule has 2 rings (SSSR count). The van der Waals surface area contributed by atoms with E-state index in [9.17, 15) is 14.9 Å². The van der Waals surface area contributed by atoms with E-state index in [1.807, 2.05) is 0 Å². The molecule has 0 N–H and O–H groups in total. The van der Waals surface area contributed by atoms with E-state index < -0.39 is 4.92 Å². The van der Waals surface area contributed by atoms with Gasteiger partial charge in [0.1, 0.15) is 5.76 Å². The SMILES string of the molecule is O=C(C=Cc1ccco1)c1ccc([N+](=O)[O-])cc1. The van der Waals surface area contributed by atoms with Crippen LogP contribution in [0.2, 0.25) is 0 Å². The Balaban J connectivity index is 2.12. The van der Waals surface area contributed by atoms with Crippen LogP contribution in [0, 0.1) is 10.1 Å². The summed E-state index contributed by atoms with van der Waals surface area (Å²) in [6.07, 6.45) is 4.42. The third-order valence-electron chi connectivity index (χ3n) is 2.30. The van der Waals surface area contributed by atoms with Crippen molar-refractivity contribution in [2.45, 2.75) is 0 Å². The summed E-state index contributed by atoms with van der Waals surface area (Å²) in [4.78, 5) is 21.7. The first kappa shape index (κ1) is 11.8. The van der Waals surface area contributed by atoms with Crippen molar-refractivity contribution in [3.05, 3.63) is 70.2 Å². The number of furan rings is 1. The zero-order valence-corrected chi connectivity index (χ0v) is 9.28. The number of carbonyl (C=O) groups is 1. The molecule has 0 aliphatic rings. The van der Waals surface area contributed by atoms with Gasteiger partial charge in [0, 0.05) is 17.7 Å². The van der Waals surface area contributed by atoms with Crippen molar-refractivity contribution in [3.8, 4) is 0 Å². The molecule has 0 spiro atoms. The standard InChI is InChI=1S/C13H9NO4/c15-13(8-7-12-2-1-9-18-12)10-3-5-11(6-4-10)14(16)17/h1-9H. The summed E-state index contributed by atoms with van der Waals surface area (Å²) in [6.45, 7) is 0. The Hall–Kier alpha value is -2.69. The molecule has 0 fully saturated rings. The van der Waals surface area contributed by atoms with E-state index in [0.717, 1.165) is 0 Å². The van der Waals surface area contributed by atoms with E-state index in [1.165, 1.54) is 36.6 Å². The molecule has 0 saturated heterocycles. The average Bonchev–Trinajstić information content (AvgIpc) is 2.89. The van der Waals surface area contributed by atoms with E-state index in [2.05, 4.69) is 0 Å². The van der Waals surface area contributed by atoms with Crippen molar-refractivity contribution >= 4 is 17.5 Å². The predicted octanol–water partition coefficient (Wildman–Crippen LogP) is 3.08. The van der Waals surface area contributed by atoms with Gasteiger partial charge in [0.25, 0.3) is 5.69 Å². The summed E-state index contributed by atoms with van der Waals surface area (Å²) in [7, 11) is 0. The Kier molecular flexibility index (Phi) is 3.33. The fraction of sp³-hybridized carbons (Fsp3) is 0. The third kappa shape index (κ3) is 2.70. The second-order valence-electron chi connectivity index (χ2n) is 3.52. The number of ketones is 1. The number of rotatable bonds is 4. The third-order valence-corrected chi connectivity index (χ3v) is 2.30. The molecule has 0 aliphatic heterocycles. The van der Waals surface area contributed by atoms with Crippen LogP contribution in [-0.4, -0.2) is 10.7 Å². The number of nitro groups is 1. The molecule has 0 amide bonds. The molecule has 18 heavy (non-hydrogen) atoms. The van der Waals surface area contributed by atoms with Crippen molar-refractivity contribution < 1.29 is 14.1 Å². The van der Waals surface area contributed by atoms with Gasteiger partial charge in [-0.25, -0.2) is 0 Å². The van der Waals surface area contributed by atoms with Gasteiger partial charge in [0.15, 0.2) is 5.78 Å². The highest BCUT2D eigenvalue weighted by molar-refractivity contribution is 6.06. The van der Waals surface area contributed by atoms with Gasteiger partial charge in [0.05, 0.1) is 11.2 Å². The first-order valence-corrected chi connectivity index (χ1v) is 5.17. The van der Waals surface area contributed by atoms with Crippen molar-refractivity contribution in [1.82, 2.24) is 0 Å². The molecule has 1 aromatic carbocycles. The molecular weight excluding hydrogens is 234 g/mol. The minimum Gasteiger partial charge on any atom is -0.465 e. The molecule has 0 atom stereocenters. The van der Waals surface area contributed by atoms with Crippen molar-refractivity contribution in [3.63, 3.8) is 0 Å². The van der Waals surface area contributed by atoms with Gasteiger partial charge >= 0.3 is 0 Å². The summed E-state index contributed by atoms with van der Waals surface area (Å²) in [5, 5.41) is 10.5. The van der Waals surface area contributed by atoms with Crippen molar-refractivity contribution in [1.29, 1.82) is 0 Å². The van der Waals surface area contributed by atoms with E-state index in [1.54, 1.807) is 18.2 Å². The Labute approximate surface area is 103 Å². The number of hydrogen-bond acceptors (Lipinski definition) is 4. The average molecular weight is 243 g/mol. The second kappa shape index (κ2) is 5.09. The van der Waals surface area contributed by atoms with E-state index in [0.29, 0.717) is 11.3 Å². The lowest BCUT2D eigenvalue weighted by atomic mass is 10.1. The Bertz CT molecular complexity index is 582. The van der Waals surface area contributed by atoms with E-state index in [-0.39, 0.29) is 11.5 Å². The normalized spacial score (nSPS) is 10.7. The Morgan fingerprint density at radius 2 is 1.94 bits per heavy atom. The van der Waals surface area contributed by atoms with Crippen molar-refractivity contribution in [2.75, 3.05) is 0 Å². The number of carbonyl (C=O) groups excluding carboxylic acids is 1. The van der Waals surface area contributed by atoms with Crippen LogP contribution in [0.3, 0.4) is 0 Å². The fourth-order valence-electron chi connectivity index (χ4n) is 1.39. The highest BCUT2D eigenvalue weighted by Crippen LogP contribution is 2.13. The molecule has 5 nitrogen and oxygen atoms in total. The van der Waals surface area contributed by atoms with Gasteiger partial charge in [-0.15, -0.1) is 0 Å². The number of non-ortho nitro benzene ring substituents is 1. The number of allylic oxidation sites excluding steroid dienone is 1. The summed E-state index contributed by atoms with van der Waals surface area (Å²) in [5.74, 6) is 0.339. The number of benzene rings is 1. The molecule has 2 aromatic rings. The maximum absolute atomic E-state index is 11.7. The summed E-state index contributed by atoms with van der Waals surface area (Å²) < 4.78 is 5.04. The lowest BCUT2D eigenvalue weighted by molar-refractivity contribution is -0.384. The minimum atomic E-state index is -0.507. The molecule has 0 radical (unpaired) electrons. The van der Waals surface area contributed by atoms with Gasteiger partial charge in [0.2, 0.25) is 0 Å². The number of nitrogens with zero attached hydrogens (tertiary/aromatic N) is 1.